The number of halogens is 1. The topological polar surface area (TPSA) is 77.3 Å². The van der Waals surface area contributed by atoms with Crippen LogP contribution in [0.25, 0.3) is 22.4 Å². The molecule has 0 spiro atoms. The van der Waals surface area contributed by atoms with Gasteiger partial charge in [0.1, 0.15) is 11.9 Å². The fraction of sp³-hybridized carbons (Fsp3) is 0.185. The summed E-state index contributed by atoms with van der Waals surface area (Å²) < 4.78 is 22.1. The fourth-order valence-corrected chi connectivity index (χ4v) is 4.17. The van der Waals surface area contributed by atoms with Crippen molar-refractivity contribution >= 4 is 11.7 Å². The van der Waals surface area contributed by atoms with E-state index in [4.69, 9.17) is 4.74 Å². The van der Waals surface area contributed by atoms with E-state index in [2.05, 4.69) is 9.97 Å². The summed E-state index contributed by atoms with van der Waals surface area (Å²) >= 11 is 0. The standard InChI is InChI=1S/C27H23FN4O3/c1-31-25(33)16-23(19-9-11-29-12-10-19)30-27(31)32-13-14-35-24(17-32)26(34)21-8-7-20(15-22(21)28)18-5-3-2-4-6-18/h2-12,15-16,24H,13-14,17H2,1H3. The maximum absolute atomic E-state index is 15.0. The minimum absolute atomic E-state index is 0.0242. The van der Waals surface area contributed by atoms with Crippen molar-refractivity contribution in [1.82, 2.24) is 14.5 Å². The van der Waals surface area contributed by atoms with Crippen LogP contribution in [-0.4, -0.2) is 46.1 Å². The van der Waals surface area contributed by atoms with Gasteiger partial charge in [0.2, 0.25) is 5.95 Å². The third-order valence-corrected chi connectivity index (χ3v) is 6.07. The molecule has 0 aliphatic carbocycles. The van der Waals surface area contributed by atoms with Gasteiger partial charge in [0.05, 0.1) is 24.4 Å². The molecule has 3 heterocycles. The van der Waals surface area contributed by atoms with Gasteiger partial charge in [-0.3, -0.25) is 19.1 Å². The molecule has 0 radical (unpaired) electrons. The molecule has 176 valence electrons. The summed E-state index contributed by atoms with van der Waals surface area (Å²) in [5.41, 5.74) is 2.59. The van der Waals surface area contributed by atoms with Gasteiger partial charge in [-0.15, -0.1) is 0 Å². The second kappa shape index (κ2) is 9.60. The van der Waals surface area contributed by atoms with E-state index < -0.39 is 17.7 Å². The molecule has 1 aliphatic heterocycles. The van der Waals surface area contributed by atoms with Gasteiger partial charge in [-0.2, -0.15) is 0 Å². The van der Waals surface area contributed by atoms with E-state index >= 15 is 0 Å². The van der Waals surface area contributed by atoms with Crippen LogP contribution >= 0.6 is 0 Å². The first kappa shape index (κ1) is 22.6. The Hall–Kier alpha value is -4.17. The molecule has 4 aromatic rings. The Morgan fingerprint density at radius 1 is 1.00 bits per heavy atom. The number of carbonyl (C=O) groups excluding carboxylic acids is 1. The SMILES string of the molecule is Cn1c(N2CCOC(C(=O)c3ccc(-c4ccccc4)cc3F)C2)nc(-c2ccncc2)cc1=O. The Kier molecular flexibility index (Phi) is 6.20. The van der Waals surface area contributed by atoms with Crippen molar-refractivity contribution in [2.45, 2.75) is 6.10 Å². The van der Waals surface area contributed by atoms with Crippen molar-refractivity contribution in [3.8, 4) is 22.4 Å². The molecule has 2 aromatic carbocycles. The number of morpholine rings is 1. The molecule has 1 atom stereocenters. The summed E-state index contributed by atoms with van der Waals surface area (Å²) in [4.78, 5) is 36.3. The highest BCUT2D eigenvalue weighted by Gasteiger charge is 2.31. The van der Waals surface area contributed by atoms with Crippen molar-refractivity contribution in [1.29, 1.82) is 0 Å². The number of pyridine rings is 1. The molecule has 0 saturated carbocycles. The number of anilines is 1. The normalized spacial score (nSPS) is 15.7. The fourth-order valence-electron chi connectivity index (χ4n) is 4.17. The maximum Gasteiger partial charge on any atom is 0.255 e. The van der Waals surface area contributed by atoms with E-state index in [0.717, 1.165) is 11.1 Å². The lowest BCUT2D eigenvalue weighted by molar-refractivity contribution is 0.0333. The van der Waals surface area contributed by atoms with Gasteiger partial charge in [-0.1, -0.05) is 36.4 Å². The molecule has 2 aromatic heterocycles. The van der Waals surface area contributed by atoms with E-state index in [1.807, 2.05) is 35.2 Å². The third-order valence-electron chi connectivity index (χ3n) is 6.07. The zero-order chi connectivity index (χ0) is 24.4. The largest absolute Gasteiger partial charge is 0.366 e. The Labute approximate surface area is 201 Å². The second-order valence-corrected chi connectivity index (χ2v) is 8.30. The summed E-state index contributed by atoms with van der Waals surface area (Å²) in [6.45, 7) is 0.841. The first-order valence-corrected chi connectivity index (χ1v) is 11.3. The van der Waals surface area contributed by atoms with E-state index in [1.54, 1.807) is 37.6 Å². The molecule has 35 heavy (non-hydrogen) atoms. The smallest absolute Gasteiger partial charge is 0.255 e. The summed E-state index contributed by atoms with van der Waals surface area (Å²) in [5.74, 6) is -0.616. The van der Waals surface area contributed by atoms with Crippen LogP contribution in [0.5, 0.6) is 0 Å². The van der Waals surface area contributed by atoms with Crippen LogP contribution in [0.2, 0.25) is 0 Å². The van der Waals surface area contributed by atoms with Gasteiger partial charge >= 0.3 is 0 Å². The molecular weight excluding hydrogens is 447 g/mol. The lowest BCUT2D eigenvalue weighted by Crippen LogP contribution is -2.48. The van der Waals surface area contributed by atoms with Gasteiger partial charge in [0.25, 0.3) is 5.56 Å². The highest BCUT2D eigenvalue weighted by atomic mass is 19.1. The van der Waals surface area contributed by atoms with Crippen molar-refractivity contribution in [3.05, 3.63) is 101 Å². The van der Waals surface area contributed by atoms with E-state index in [0.29, 0.717) is 23.8 Å². The van der Waals surface area contributed by atoms with Crippen LogP contribution in [0.4, 0.5) is 10.3 Å². The zero-order valence-electron chi connectivity index (χ0n) is 19.1. The van der Waals surface area contributed by atoms with E-state index in [9.17, 15) is 14.0 Å². The number of ether oxygens (including phenoxy) is 1. The van der Waals surface area contributed by atoms with Gasteiger partial charge in [0, 0.05) is 37.6 Å². The van der Waals surface area contributed by atoms with Gasteiger partial charge in [-0.05, 0) is 35.4 Å². The number of ketones is 1. The number of hydrogen-bond donors (Lipinski definition) is 0. The van der Waals surface area contributed by atoms with Crippen LogP contribution in [-0.2, 0) is 11.8 Å². The Bertz CT molecular complexity index is 1420. The molecule has 8 heteroatoms. The number of aromatic nitrogens is 3. The molecule has 1 fully saturated rings. The molecule has 0 N–H and O–H groups in total. The molecule has 0 bridgehead atoms. The predicted octanol–water partition coefficient (Wildman–Crippen LogP) is 3.74. The lowest BCUT2D eigenvalue weighted by Gasteiger charge is -2.33. The van der Waals surface area contributed by atoms with E-state index in [-0.39, 0.29) is 24.3 Å². The zero-order valence-corrected chi connectivity index (χ0v) is 19.1. The van der Waals surface area contributed by atoms with Crippen molar-refractivity contribution < 1.29 is 13.9 Å². The Morgan fingerprint density at radius 2 is 1.77 bits per heavy atom. The van der Waals surface area contributed by atoms with Gasteiger partial charge in [-0.25, -0.2) is 9.37 Å². The molecule has 1 aliphatic rings. The first-order chi connectivity index (χ1) is 17.0. The average molecular weight is 471 g/mol. The summed E-state index contributed by atoms with van der Waals surface area (Å²) in [6, 6.07) is 19.0. The number of rotatable bonds is 5. The molecule has 1 unspecified atom stereocenters. The van der Waals surface area contributed by atoms with E-state index in [1.165, 1.54) is 22.8 Å². The van der Waals surface area contributed by atoms with Gasteiger partial charge < -0.3 is 9.64 Å². The van der Waals surface area contributed by atoms with Crippen LogP contribution in [0.1, 0.15) is 10.4 Å². The highest BCUT2D eigenvalue weighted by molar-refractivity contribution is 6.00. The number of carbonyl (C=O) groups is 1. The Morgan fingerprint density at radius 3 is 2.51 bits per heavy atom. The monoisotopic (exact) mass is 470 g/mol. The molecule has 7 nitrogen and oxygen atoms in total. The summed E-state index contributed by atoms with van der Waals surface area (Å²) in [7, 11) is 1.63. The second-order valence-electron chi connectivity index (χ2n) is 8.30. The molecule has 0 amide bonds. The first-order valence-electron chi connectivity index (χ1n) is 11.3. The third kappa shape index (κ3) is 4.61. The summed E-state index contributed by atoms with van der Waals surface area (Å²) in [6.07, 6.45) is 2.38. The van der Waals surface area contributed by atoms with Crippen molar-refractivity contribution in [3.63, 3.8) is 0 Å². The minimum Gasteiger partial charge on any atom is -0.366 e. The quantitative estimate of drug-likeness (QED) is 0.414. The minimum atomic E-state index is -0.887. The van der Waals surface area contributed by atoms with Crippen LogP contribution in [0, 0.1) is 5.82 Å². The molecular formula is C27H23FN4O3. The van der Waals surface area contributed by atoms with Crippen LogP contribution in [0.15, 0.2) is 83.9 Å². The maximum atomic E-state index is 15.0. The van der Waals surface area contributed by atoms with Gasteiger partial charge in [0.15, 0.2) is 5.78 Å². The predicted molar refractivity (Wildman–Crippen MR) is 131 cm³/mol. The number of hydrogen-bond acceptors (Lipinski definition) is 6. The number of nitrogens with zero attached hydrogens (tertiary/aromatic N) is 4. The van der Waals surface area contributed by atoms with Crippen molar-refractivity contribution in [2.24, 2.45) is 7.05 Å². The highest BCUT2D eigenvalue weighted by Crippen LogP contribution is 2.25. The molecule has 1 saturated heterocycles. The molecule has 5 rings (SSSR count). The Balaban J connectivity index is 1.40. The summed E-state index contributed by atoms with van der Waals surface area (Å²) in [5, 5.41) is 0. The van der Waals surface area contributed by atoms with Crippen LogP contribution in [0.3, 0.4) is 0 Å². The number of benzene rings is 2. The van der Waals surface area contributed by atoms with Crippen LogP contribution < -0.4 is 10.5 Å². The van der Waals surface area contributed by atoms with Crippen molar-refractivity contribution in [2.75, 3.05) is 24.6 Å². The lowest BCUT2D eigenvalue weighted by atomic mass is 9.99. The number of Topliss-reactive ketones (excluding diaryl/α,β-unsaturated/α-hetero) is 1. The average Bonchev–Trinajstić information content (AvgIpc) is 2.91.